The van der Waals surface area contributed by atoms with Crippen LogP contribution in [-0.4, -0.2) is 27.6 Å². The highest BCUT2D eigenvalue weighted by atomic mass is 35.5. The minimum Gasteiger partial charge on any atom is -0.495 e. The molecular weight excluding hydrogens is 316 g/mol. The lowest BCUT2D eigenvalue weighted by Gasteiger charge is -2.10. The first-order valence-corrected chi connectivity index (χ1v) is 7.69. The van der Waals surface area contributed by atoms with Crippen LogP contribution in [0.3, 0.4) is 0 Å². The summed E-state index contributed by atoms with van der Waals surface area (Å²) in [6.07, 6.45) is 1.36. The Labute approximate surface area is 127 Å². The number of aromatic nitrogens is 1. The highest BCUT2D eigenvalue weighted by molar-refractivity contribution is 7.92. The zero-order chi connectivity index (χ0) is 15.5. The van der Waals surface area contributed by atoms with Gasteiger partial charge >= 0.3 is 0 Å². The highest BCUT2D eigenvalue weighted by Gasteiger charge is 2.16. The maximum atomic E-state index is 12.2. The second kappa shape index (κ2) is 6.19. The van der Waals surface area contributed by atoms with Gasteiger partial charge in [0.2, 0.25) is 5.88 Å². The number of nitrogens with zero attached hydrogens (tertiary/aromatic N) is 1. The van der Waals surface area contributed by atoms with Crippen LogP contribution in [0.4, 0.5) is 5.69 Å². The number of benzene rings is 1. The summed E-state index contributed by atoms with van der Waals surface area (Å²) in [5, 5.41) is 0.216. The Kier molecular flexibility index (Phi) is 4.54. The van der Waals surface area contributed by atoms with Crippen LogP contribution in [0.15, 0.2) is 41.4 Å². The second-order valence-corrected chi connectivity index (χ2v) is 6.08. The van der Waals surface area contributed by atoms with Crippen LogP contribution >= 0.6 is 11.6 Å². The lowest BCUT2D eigenvalue weighted by Crippen LogP contribution is -2.13. The van der Waals surface area contributed by atoms with Gasteiger partial charge in [0, 0.05) is 6.07 Å². The Balaban J connectivity index is 2.26. The lowest BCUT2D eigenvalue weighted by atomic mass is 10.3. The molecule has 0 unspecified atom stereocenters. The molecule has 0 saturated carbocycles. The number of methoxy groups -OCH3 is 2. The van der Waals surface area contributed by atoms with Crippen molar-refractivity contribution in [3.8, 4) is 11.6 Å². The average molecular weight is 329 g/mol. The Morgan fingerprint density at radius 3 is 2.43 bits per heavy atom. The number of halogens is 1. The van der Waals surface area contributed by atoms with Gasteiger partial charge in [-0.05, 0) is 24.3 Å². The largest absolute Gasteiger partial charge is 0.495 e. The summed E-state index contributed by atoms with van der Waals surface area (Å²) in [4.78, 5) is 3.96. The number of anilines is 1. The lowest BCUT2D eigenvalue weighted by molar-refractivity contribution is 0.398. The third-order valence-electron chi connectivity index (χ3n) is 2.63. The van der Waals surface area contributed by atoms with E-state index in [-0.39, 0.29) is 9.92 Å². The van der Waals surface area contributed by atoms with E-state index in [1.54, 1.807) is 12.1 Å². The van der Waals surface area contributed by atoms with Crippen LogP contribution in [0.1, 0.15) is 0 Å². The van der Waals surface area contributed by atoms with Crippen LogP contribution in [0.2, 0.25) is 5.02 Å². The molecule has 1 N–H and O–H groups in total. The molecule has 0 bridgehead atoms. The molecule has 0 aliphatic heterocycles. The van der Waals surface area contributed by atoms with Crippen LogP contribution in [0.5, 0.6) is 11.6 Å². The molecule has 1 aromatic carbocycles. The number of ether oxygens (including phenoxy) is 2. The molecule has 1 heterocycles. The SMILES string of the molecule is COc1ccc(NS(=O)(=O)c2ccc(OC)c(Cl)c2)cn1. The van der Waals surface area contributed by atoms with Crippen LogP contribution in [0.25, 0.3) is 0 Å². The first-order chi connectivity index (χ1) is 9.96. The van der Waals surface area contributed by atoms with Crippen molar-refractivity contribution in [3.05, 3.63) is 41.6 Å². The molecule has 1 aromatic heterocycles. The molecule has 0 spiro atoms. The van der Waals surface area contributed by atoms with Crippen molar-refractivity contribution >= 4 is 27.3 Å². The molecule has 0 aliphatic rings. The van der Waals surface area contributed by atoms with E-state index < -0.39 is 10.0 Å². The zero-order valence-electron chi connectivity index (χ0n) is 11.3. The molecule has 0 atom stereocenters. The number of sulfonamides is 1. The Hall–Kier alpha value is -1.99. The molecular formula is C13H13ClN2O4S. The quantitative estimate of drug-likeness (QED) is 0.912. The van der Waals surface area contributed by atoms with Gasteiger partial charge < -0.3 is 9.47 Å². The fourth-order valence-electron chi connectivity index (χ4n) is 1.59. The minimum atomic E-state index is -3.75. The van der Waals surface area contributed by atoms with Crippen LogP contribution < -0.4 is 14.2 Å². The molecule has 0 aliphatic carbocycles. The van der Waals surface area contributed by atoms with Crippen molar-refractivity contribution in [1.29, 1.82) is 0 Å². The van der Waals surface area contributed by atoms with Gasteiger partial charge in [-0.3, -0.25) is 4.72 Å². The van der Waals surface area contributed by atoms with E-state index in [1.165, 1.54) is 38.6 Å². The second-order valence-electron chi connectivity index (χ2n) is 3.99. The number of pyridine rings is 1. The van der Waals surface area contributed by atoms with Gasteiger partial charge in [-0.15, -0.1) is 0 Å². The van der Waals surface area contributed by atoms with Gasteiger partial charge in [0.1, 0.15) is 5.75 Å². The third-order valence-corrected chi connectivity index (χ3v) is 4.31. The molecule has 0 fully saturated rings. The summed E-state index contributed by atoms with van der Waals surface area (Å²) < 4.78 is 36.8. The summed E-state index contributed by atoms with van der Waals surface area (Å²) in [6, 6.07) is 7.32. The van der Waals surface area contributed by atoms with Crippen molar-refractivity contribution in [1.82, 2.24) is 4.98 Å². The number of nitrogens with one attached hydrogen (secondary N) is 1. The number of hydrogen-bond acceptors (Lipinski definition) is 5. The third kappa shape index (κ3) is 3.56. The maximum absolute atomic E-state index is 12.2. The Morgan fingerprint density at radius 1 is 1.14 bits per heavy atom. The number of hydrogen-bond donors (Lipinski definition) is 1. The first-order valence-electron chi connectivity index (χ1n) is 5.82. The van der Waals surface area contributed by atoms with E-state index in [9.17, 15) is 8.42 Å². The fourth-order valence-corrected chi connectivity index (χ4v) is 2.98. The molecule has 2 rings (SSSR count). The smallest absolute Gasteiger partial charge is 0.261 e. The summed E-state index contributed by atoms with van der Waals surface area (Å²) >= 11 is 5.93. The van der Waals surface area contributed by atoms with Gasteiger partial charge in [0.05, 0.1) is 36.0 Å². The van der Waals surface area contributed by atoms with Crippen molar-refractivity contribution in [2.24, 2.45) is 0 Å². The van der Waals surface area contributed by atoms with E-state index >= 15 is 0 Å². The Morgan fingerprint density at radius 2 is 1.90 bits per heavy atom. The predicted molar refractivity (Wildman–Crippen MR) is 79.6 cm³/mol. The topological polar surface area (TPSA) is 77.5 Å². The monoisotopic (exact) mass is 328 g/mol. The molecule has 0 radical (unpaired) electrons. The van der Waals surface area contributed by atoms with Gasteiger partial charge in [-0.25, -0.2) is 13.4 Å². The molecule has 0 amide bonds. The van der Waals surface area contributed by atoms with Gasteiger partial charge in [0.25, 0.3) is 10.0 Å². The standard InChI is InChI=1S/C13H13ClN2O4S/c1-19-12-5-4-10(7-11(12)14)21(17,18)16-9-3-6-13(20-2)15-8-9/h3-8,16H,1-2H3. The van der Waals surface area contributed by atoms with E-state index in [1.807, 2.05) is 0 Å². The van der Waals surface area contributed by atoms with Gasteiger partial charge in [-0.2, -0.15) is 0 Å². The fraction of sp³-hybridized carbons (Fsp3) is 0.154. The normalized spacial score (nSPS) is 11.0. The number of rotatable bonds is 5. The first kappa shape index (κ1) is 15.4. The minimum absolute atomic E-state index is 0.0316. The predicted octanol–water partition coefficient (Wildman–Crippen LogP) is 2.55. The molecule has 8 heteroatoms. The molecule has 112 valence electrons. The zero-order valence-corrected chi connectivity index (χ0v) is 12.9. The van der Waals surface area contributed by atoms with Crippen molar-refractivity contribution in [3.63, 3.8) is 0 Å². The maximum Gasteiger partial charge on any atom is 0.261 e. The van der Waals surface area contributed by atoms with Crippen molar-refractivity contribution in [2.75, 3.05) is 18.9 Å². The highest BCUT2D eigenvalue weighted by Crippen LogP contribution is 2.27. The van der Waals surface area contributed by atoms with Crippen molar-refractivity contribution in [2.45, 2.75) is 4.90 Å². The van der Waals surface area contributed by atoms with Crippen LogP contribution in [0, 0.1) is 0 Å². The molecule has 6 nitrogen and oxygen atoms in total. The molecule has 0 saturated heterocycles. The van der Waals surface area contributed by atoms with Gasteiger partial charge in [-0.1, -0.05) is 11.6 Å². The molecule has 21 heavy (non-hydrogen) atoms. The summed E-state index contributed by atoms with van der Waals surface area (Å²) in [7, 11) is -0.818. The van der Waals surface area contributed by atoms with Crippen LogP contribution in [-0.2, 0) is 10.0 Å². The summed E-state index contributed by atoms with van der Waals surface area (Å²) in [5.41, 5.74) is 0.322. The average Bonchev–Trinajstić information content (AvgIpc) is 2.47. The van der Waals surface area contributed by atoms with E-state index in [2.05, 4.69) is 9.71 Å². The summed E-state index contributed by atoms with van der Waals surface area (Å²) in [5.74, 6) is 0.798. The van der Waals surface area contributed by atoms with E-state index in [4.69, 9.17) is 21.1 Å². The summed E-state index contributed by atoms with van der Waals surface area (Å²) in [6.45, 7) is 0. The molecule has 2 aromatic rings. The van der Waals surface area contributed by atoms with Crippen molar-refractivity contribution < 1.29 is 17.9 Å². The van der Waals surface area contributed by atoms with E-state index in [0.29, 0.717) is 17.3 Å². The van der Waals surface area contributed by atoms with E-state index in [0.717, 1.165) is 0 Å². The Bertz CT molecular complexity index is 732. The van der Waals surface area contributed by atoms with Gasteiger partial charge in [0.15, 0.2) is 0 Å².